The molecule has 0 unspecified atom stereocenters. The molecule has 2 aliphatic heterocycles. The van der Waals surface area contributed by atoms with E-state index in [4.69, 9.17) is 9.47 Å². The molecule has 1 saturated heterocycles. The summed E-state index contributed by atoms with van der Waals surface area (Å²) in [5.74, 6) is 0.978. The summed E-state index contributed by atoms with van der Waals surface area (Å²) in [5.41, 5.74) is 1.09. The van der Waals surface area contributed by atoms with Crippen LogP contribution in [0.1, 0.15) is 43.7 Å². The van der Waals surface area contributed by atoms with E-state index in [1.807, 2.05) is 24.3 Å². The Balaban J connectivity index is 1.65. The molecule has 2 aliphatic rings. The number of fused-ring (bicyclic) bond motifs is 1. The van der Waals surface area contributed by atoms with Gasteiger partial charge >= 0.3 is 0 Å². The van der Waals surface area contributed by atoms with Gasteiger partial charge in [-0.2, -0.15) is 0 Å². The third kappa shape index (κ3) is 3.12. The van der Waals surface area contributed by atoms with Crippen molar-refractivity contribution < 1.29 is 14.3 Å². The van der Waals surface area contributed by atoms with Crippen LogP contribution < -0.4 is 10.1 Å². The number of nitrogens with one attached hydrogen (secondary N) is 1. The van der Waals surface area contributed by atoms with E-state index in [0.29, 0.717) is 6.42 Å². The van der Waals surface area contributed by atoms with Gasteiger partial charge in [0, 0.05) is 12.2 Å². The molecule has 0 radical (unpaired) electrons. The molecule has 2 atom stereocenters. The van der Waals surface area contributed by atoms with Crippen LogP contribution in [0.5, 0.6) is 5.75 Å². The van der Waals surface area contributed by atoms with E-state index < -0.39 is 0 Å². The first-order chi connectivity index (χ1) is 9.83. The van der Waals surface area contributed by atoms with Crippen molar-refractivity contribution in [2.75, 3.05) is 13.2 Å². The number of para-hydroxylation sites is 1. The average Bonchev–Trinajstić information content (AvgIpc) is 2.87. The lowest BCUT2D eigenvalue weighted by Gasteiger charge is -2.19. The van der Waals surface area contributed by atoms with Crippen LogP contribution in [0.25, 0.3) is 0 Å². The largest absolute Gasteiger partial charge is 0.493 e. The summed E-state index contributed by atoms with van der Waals surface area (Å²) in [6, 6.07) is 8.03. The van der Waals surface area contributed by atoms with Crippen molar-refractivity contribution >= 4 is 5.91 Å². The van der Waals surface area contributed by atoms with Crippen LogP contribution in [0.15, 0.2) is 24.3 Å². The van der Waals surface area contributed by atoms with Crippen LogP contribution in [-0.2, 0) is 9.53 Å². The normalized spacial score (nSPS) is 25.4. The average molecular weight is 275 g/mol. The van der Waals surface area contributed by atoms with E-state index in [0.717, 1.165) is 50.2 Å². The minimum Gasteiger partial charge on any atom is -0.493 e. The van der Waals surface area contributed by atoms with Gasteiger partial charge in [-0.25, -0.2) is 0 Å². The monoisotopic (exact) mass is 275 g/mol. The van der Waals surface area contributed by atoms with E-state index in [-0.39, 0.29) is 18.1 Å². The van der Waals surface area contributed by atoms with E-state index in [2.05, 4.69) is 5.32 Å². The predicted octanol–water partition coefficient (Wildman–Crippen LogP) is 2.59. The first-order valence-electron chi connectivity index (χ1n) is 7.45. The molecule has 4 heteroatoms. The van der Waals surface area contributed by atoms with Crippen LogP contribution in [0.2, 0.25) is 0 Å². The molecule has 1 aromatic rings. The Kier molecular flexibility index (Phi) is 4.21. The third-order valence-corrected chi connectivity index (χ3v) is 3.96. The molecule has 1 N–H and O–H groups in total. The van der Waals surface area contributed by atoms with Gasteiger partial charge in [0.15, 0.2) is 0 Å². The summed E-state index contributed by atoms with van der Waals surface area (Å²) in [5, 5.41) is 3.14. The van der Waals surface area contributed by atoms with Crippen LogP contribution in [0, 0.1) is 0 Å². The number of hydrogen-bond donors (Lipinski definition) is 1. The molecule has 0 bridgehead atoms. The van der Waals surface area contributed by atoms with Crippen molar-refractivity contribution in [1.82, 2.24) is 5.32 Å². The summed E-state index contributed by atoms with van der Waals surface area (Å²) in [4.78, 5) is 12.2. The lowest BCUT2D eigenvalue weighted by Crippen LogP contribution is -2.31. The number of benzene rings is 1. The second-order valence-electron chi connectivity index (χ2n) is 5.49. The fraction of sp³-hybridized carbons (Fsp3) is 0.562. The third-order valence-electron chi connectivity index (χ3n) is 3.96. The van der Waals surface area contributed by atoms with Gasteiger partial charge in [0.25, 0.3) is 0 Å². The Labute approximate surface area is 119 Å². The lowest BCUT2D eigenvalue weighted by atomic mass is 10.0. The fourth-order valence-electron chi connectivity index (χ4n) is 2.94. The highest BCUT2D eigenvalue weighted by Gasteiger charge is 2.24. The van der Waals surface area contributed by atoms with Crippen molar-refractivity contribution in [3.63, 3.8) is 0 Å². The van der Waals surface area contributed by atoms with Gasteiger partial charge < -0.3 is 14.8 Å². The zero-order chi connectivity index (χ0) is 13.8. The second-order valence-corrected chi connectivity index (χ2v) is 5.49. The molecule has 4 nitrogen and oxygen atoms in total. The summed E-state index contributed by atoms with van der Waals surface area (Å²) in [6.45, 7) is 1.51. The molecular weight excluding hydrogens is 254 g/mol. The van der Waals surface area contributed by atoms with Gasteiger partial charge in [0.2, 0.25) is 5.91 Å². The summed E-state index contributed by atoms with van der Waals surface area (Å²) in [7, 11) is 0. The molecular formula is C16H21NO3. The highest BCUT2D eigenvalue weighted by atomic mass is 16.5. The van der Waals surface area contributed by atoms with E-state index in [9.17, 15) is 4.79 Å². The number of hydrogen-bond acceptors (Lipinski definition) is 3. The van der Waals surface area contributed by atoms with Crippen molar-refractivity contribution in [2.24, 2.45) is 0 Å². The molecule has 108 valence electrons. The van der Waals surface area contributed by atoms with Crippen molar-refractivity contribution in [3.8, 4) is 5.75 Å². The van der Waals surface area contributed by atoms with Crippen LogP contribution in [0.3, 0.4) is 0 Å². The summed E-state index contributed by atoms with van der Waals surface area (Å²) >= 11 is 0. The molecule has 0 aliphatic carbocycles. The molecule has 1 fully saturated rings. The quantitative estimate of drug-likeness (QED) is 0.922. The SMILES string of the molecule is O=C(C[C@H]1CCCO1)N[C@@H]1CCCOc2ccccc21. The molecule has 0 saturated carbocycles. The zero-order valence-electron chi connectivity index (χ0n) is 11.6. The van der Waals surface area contributed by atoms with Gasteiger partial charge in [0.1, 0.15) is 5.75 Å². The highest BCUT2D eigenvalue weighted by molar-refractivity contribution is 5.77. The Bertz CT molecular complexity index is 469. The molecule has 0 spiro atoms. The second kappa shape index (κ2) is 6.27. The van der Waals surface area contributed by atoms with Gasteiger partial charge in [-0.05, 0) is 31.7 Å². The number of rotatable bonds is 3. The van der Waals surface area contributed by atoms with E-state index >= 15 is 0 Å². The van der Waals surface area contributed by atoms with E-state index in [1.54, 1.807) is 0 Å². The fourth-order valence-corrected chi connectivity index (χ4v) is 2.94. The predicted molar refractivity (Wildman–Crippen MR) is 75.6 cm³/mol. The summed E-state index contributed by atoms with van der Waals surface area (Å²) < 4.78 is 11.2. The number of amides is 1. The Hall–Kier alpha value is -1.55. The summed E-state index contributed by atoms with van der Waals surface area (Å²) in [6.07, 6.45) is 4.52. The first kappa shape index (κ1) is 13.4. The maximum atomic E-state index is 12.2. The smallest absolute Gasteiger partial charge is 0.223 e. The number of carbonyl (C=O) groups excluding carboxylic acids is 1. The van der Waals surface area contributed by atoms with Crippen molar-refractivity contribution in [2.45, 2.75) is 44.2 Å². The highest BCUT2D eigenvalue weighted by Crippen LogP contribution is 2.31. The molecule has 3 rings (SSSR count). The molecule has 2 heterocycles. The van der Waals surface area contributed by atoms with E-state index in [1.165, 1.54) is 0 Å². The number of carbonyl (C=O) groups is 1. The number of ether oxygens (including phenoxy) is 2. The maximum Gasteiger partial charge on any atom is 0.223 e. The lowest BCUT2D eigenvalue weighted by molar-refractivity contribution is -0.124. The van der Waals surface area contributed by atoms with Crippen LogP contribution in [0.4, 0.5) is 0 Å². The van der Waals surface area contributed by atoms with Gasteiger partial charge in [-0.15, -0.1) is 0 Å². The molecule has 1 aromatic carbocycles. The van der Waals surface area contributed by atoms with Crippen LogP contribution >= 0.6 is 0 Å². The van der Waals surface area contributed by atoms with Crippen molar-refractivity contribution in [3.05, 3.63) is 29.8 Å². The van der Waals surface area contributed by atoms with Gasteiger partial charge in [-0.3, -0.25) is 4.79 Å². The van der Waals surface area contributed by atoms with Gasteiger partial charge in [0.05, 0.1) is 25.2 Å². The Morgan fingerprint density at radius 1 is 1.20 bits per heavy atom. The standard InChI is InChI=1S/C16H21NO3/c18-16(11-12-5-3-9-19-12)17-14-7-4-10-20-15-8-2-1-6-13(14)15/h1-2,6,8,12,14H,3-5,7,9-11H2,(H,17,18)/t12-,14-/m1/s1. The Morgan fingerprint density at radius 3 is 2.90 bits per heavy atom. The molecule has 1 amide bonds. The molecule has 0 aromatic heterocycles. The van der Waals surface area contributed by atoms with Crippen LogP contribution in [-0.4, -0.2) is 25.2 Å². The maximum absolute atomic E-state index is 12.2. The van der Waals surface area contributed by atoms with Crippen molar-refractivity contribution in [1.29, 1.82) is 0 Å². The first-order valence-corrected chi connectivity index (χ1v) is 7.45. The van der Waals surface area contributed by atoms with Gasteiger partial charge in [-0.1, -0.05) is 18.2 Å². The Morgan fingerprint density at radius 2 is 2.05 bits per heavy atom. The topological polar surface area (TPSA) is 47.6 Å². The molecule has 20 heavy (non-hydrogen) atoms. The minimum absolute atomic E-state index is 0.0580. The minimum atomic E-state index is 0.0580. The zero-order valence-corrected chi connectivity index (χ0v) is 11.6.